The molecule has 0 aromatic rings. The van der Waals surface area contributed by atoms with E-state index in [1.54, 1.807) is 0 Å². The Morgan fingerprint density at radius 3 is 2.50 bits per heavy atom. The highest BCUT2D eigenvalue weighted by atomic mass is 16.7. The van der Waals surface area contributed by atoms with E-state index in [1.807, 2.05) is 13.8 Å². The van der Waals surface area contributed by atoms with Gasteiger partial charge in [-0.1, -0.05) is 27.7 Å². The summed E-state index contributed by atoms with van der Waals surface area (Å²) in [6.07, 6.45) is 0.413. The van der Waals surface area contributed by atoms with Crippen LogP contribution >= 0.6 is 0 Å². The van der Waals surface area contributed by atoms with Crippen molar-refractivity contribution >= 4 is 5.97 Å². The smallest absolute Gasteiger partial charge is 0.366 e. The molecule has 20 heavy (non-hydrogen) atoms. The van der Waals surface area contributed by atoms with E-state index in [-0.39, 0.29) is 23.9 Å². The van der Waals surface area contributed by atoms with Gasteiger partial charge in [-0.25, -0.2) is 4.79 Å². The van der Waals surface area contributed by atoms with Crippen molar-refractivity contribution in [3.63, 3.8) is 0 Å². The van der Waals surface area contributed by atoms with Crippen molar-refractivity contribution in [3.05, 3.63) is 0 Å². The summed E-state index contributed by atoms with van der Waals surface area (Å²) in [4.78, 5) is 12.0. The average molecular weight is 288 g/mol. The van der Waals surface area contributed by atoms with Crippen molar-refractivity contribution in [1.82, 2.24) is 0 Å². The lowest BCUT2D eigenvalue weighted by molar-refractivity contribution is -0.297. The Bertz CT molecular complexity index is 332. The number of rotatable bonds is 5. The van der Waals surface area contributed by atoms with Crippen molar-refractivity contribution in [1.29, 1.82) is 0 Å². The predicted octanol–water partition coefficient (Wildman–Crippen LogP) is 1.97. The van der Waals surface area contributed by atoms with Crippen LogP contribution in [0.5, 0.6) is 0 Å². The second kappa shape index (κ2) is 6.87. The van der Waals surface area contributed by atoms with E-state index in [2.05, 4.69) is 13.8 Å². The Kier molecular flexibility index (Phi) is 5.98. The van der Waals surface area contributed by atoms with Gasteiger partial charge in [-0.3, -0.25) is 0 Å². The summed E-state index contributed by atoms with van der Waals surface area (Å²) < 4.78 is 16.2. The van der Waals surface area contributed by atoms with Crippen LogP contribution in [0.1, 0.15) is 40.5 Å². The molecule has 0 amide bonds. The molecule has 5 heteroatoms. The lowest BCUT2D eigenvalue weighted by Crippen LogP contribution is -2.57. The fraction of sp³-hybridized carbons (Fsp3) is 0.933. The van der Waals surface area contributed by atoms with Gasteiger partial charge in [-0.15, -0.1) is 0 Å². The molecule has 1 rings (SSSR count). The number of hydrogen-bond acceptors (Lipinski definition) is 5. The van der Waals surface area contributed by atoms with Crippen LogP contribution in [0.15, 0.2) is 0 Å². The maximum Gasteiger partial charge on any atom is 0.366 e. The van der Waals surface area contributed by atoms with Gasteiger partial charge in [0.25, 0.3) is 5.79 Å². The molecule has 1 heterocycles. The first kappa shape index (κ1) is 17.4. The Hall–Kier alpha value is -0.650. The Morgan fingerprint density at radius 2 is 2.05 bits per heavy atom. The van der Waals surface area contributed by atoms with Crippen molar-refractivity contribution in [2.75, 3.05) is 14.2 Å². The molecule has 0 aromatic heterocycles. The summed E-state index contributed by atoms with van der Waals surface area (Å²) in [6, 6.07) is 0. The van der Waals surface area contributed by atoms with Gasteiger partial charge < -0.3 is 19.3 Å². The van der Waals surface area contributed by atoms with Crippen LogP contribution < -0.4 is 0 Å². The highest BCUT2D eigenvalue weighted by Gasteiger charge is 2.52. The Morgan fingerprint density at radius 1 is 1.45 bits per heavy atom. The molecule has 0 aromatic carbocycles. The van der Waals surface area contributed by atoms with E-state index < -0.39 is 17.9 Å². The summed E-state index contributed by atoms with van der Waals surface area (Å²) in [6.45, 7) is 8.04. The molecule has 0 saturated carbocycles. The van der Waals surface area contributed by atoms with E-state index in [9.17, 15) is 9.90 Å². The predicted molar refractivity (Wildman–Crippen MR) is 75.0 cm³/mol. The number of hydrogen-bond donors (Lipinski definition) is 1. The van der Waals surface area contributed by atoms with Gasteiger partial charge in [0.05, 0.1) is 19.3 Å². The molecule has 1 saturated heterocycles. The number of ether oxygens (including phenoxy) is 3. The molecule has 0 spiro atoms. The lowest BCUT2D eigenvalue weighted by atomic mass is 9.76. The van der Waals surface area contributed by atoms with Gasteiger partial charge >= 0.3 is 5.97 Å². The first-order chi connectivity index (χ1) is 9.32. The van der Waals surface area contributed by atoms with Gasteiger partial charge in [0.15, 0.2) is 0 Å². The van der Waals surface area contributed by atoms with Crippen LogP contribution in [0.3, 0.4) is 0 Å². The minimum Gasteiger partial charge on any atom is -0.465 e. The zero-order valence-corrected chi connectivity index (χ0v) is 13.4. The fourth-order valence-electron chi connectivity index (χ4n) is 2.99. The van der Waals surface area contributed by atoms with Gasteiger partial charge in [0.1, 0.15) is 0 Å². The molecule has 0 radical (unpaired) electrons. The van der Waals surface area contributed by atoms with E-state index in [1.165, 1.54) is 14.2 Å². The maximum atomic E-state index is 12.0. The highest BCUT2D eigenvalue weighted by Crippen LogP contribution is 2.41. The molecular weight excluding hydrogens is 260 g/mol. The van der Waals surface area contributed by atoms with E-state index in [0.29, 0.717) is 12.8 Å². The fourth-order valence-corrected chi connectivity index (χ4v) is 2.99. The minimum atomic E-state index is -1.35. The van der Waals surface area contributed by atoms with Crippen molar-refractivity contribution in [3.8, 4) is 0 Å². The Balaban J connectivity index is 3.02. The third-order valence-electron chi connectivity index (χ3n) is 4.70. The zero-order valence-electron chi connectivity index (χ0n) is 13.4. The number of carbonyl (C=O) groups excluding carboxylic acids is 1. The molecule has 1 N–H and O–H groups in total. The molecule has 0 aliphatic carbocycles. The van der Waals surface area contributed by atoms with Gasteiger partial charge in [0.2, 0.25) is 0 Å². The van der Waals surface area contributed by atoms with Crippen LogP contribution in [0.2, 0.25) is 0 Å². The molecule has 1 aliphatic heterocycles. The molecule has 5 nitrogen and oxygen atoms in total. The average Bonchev–Trinajstić information content (AvgIpc) is 2.47. The highest BCUT2D eigenvalue weighted by molar-refractivity contribution is 5.78. The number of methoxy groups -OCH3 is 2. The number of carbonyl (C=O) groups is 1. The Labute approximate surface area is 121 Å². The molecule has 1 aliphatic rings. The van der Waals surface area contributed by atoms with E-state index in [0.717, 1.165) is 0 Å². The molecule has 1 fully saturated rings. The standard InChI is InChI=1S/C15H28O5/c1-7-12(16)11(4)13-10(3)9(2)8-15(19-6,20-13)14(17)18-5/h9-13,16H,7-8H2,1-6H3/t9-,10-,11-,12+,13?,15+/m1/s1. The third-order valence-corrected chi connectivity index (χ3v) is 4.70. The largest absolute Gasteiger partial charge is 0.465 e. The molecular formula is C15H28O5. The van der Waals surface area contributed by atoms with Crippen LogP contribution in [-0.4, -0.2) is 43.3 Å². The SMILES string of the molecule is CC[C@H](O)[C@@H](C)C1O[C@](OC)(C(=O)OC)C[C@@H](C)[C@H]1C. The maximum absolute atomic E-state index is 12.0. The van der Waals surface area contributed by atoms with Crippen molar-refractivity contribution < 1.29 is 24.1 Å². The topological polar surface area (TPSA) is 65.0 Å². The summed E-state index contributed by atoms with van der Waals surface area (Å²) in [5.74, 6) is -1.47. The van der Waals surface area contributed by atoms with Crippen LogP contribution in [0, 0.1) is 17.8 Å². The lowest BCUT2D eigenvalue weighted by Gasteiger charge is -2.47. The first-order valence-electron chi connectivity index (χ1n) is 7.32. The van der Waals surface area contributed by atoms with Gasteiger partial charge in [0, 0.05) is 19.4 Å². The third kappa shape index (κ3) is 3.15. The van der Waals surface area contributed by atoms with Crippen LogP contribution in [-0.2, 0) is 19.0 Å². The second-order valence-corrected chi connectivity index (χ2v) is 5.91. The van der Waals surface area contributed by atoms with Crippen LogP contribution in [0.25, 0.3) is 0 Å². The van der Waals surface area contributed by atoms with Gasteiger partial charge in [-0.05, 0) is 18.3 Å². The summed E-state index contributed by atoms with van der Waals surface area (Å²) in [5.41, 5.74) is 0. The van der Waals surface area contributed by atoms with Gasteiger partial charge in [-0.2, -0.15) is 0 Å². The minimum absolute atomic E-state index is 0.0723. The quantitative estimate of drug-likeness (QED) is 0.784. The zero-order chi connectivity index (χ0) is 15.5. The summed E-state index contributed by atoms with van der Waals surface area (Å²) >= 11 is 0. The van der Waals surface area contributed by atoms with E-state index >= 15 is 0 Å². The summed E-state index contributed by atoms with van der Waals surface area (Å²) in [7, 11) is 2.78. The molecule has 1 unspecified atom stereocenters. The first-order valence-corrected chi connectivity index (χ1v) is 7.32. The van der Waals surface area contributed by atoms with Crippen molar-refractivity contribution in [2.45, 2.75) is 58.5 Å². The molecule has 118 valence electrons. The molecule has 6 atom stereocenters. The van der Waals surface area contributed by atoms with Crippen LogP contribution in [0.4, 0.5) is 0 Å². The number of aliphatic hydroxyl groups is 1. The summed E-state index contributed by atoms with van der Waals surface area (Å²) in [5, 5.41) is 10.1. The molecule has 0 bridgehead atoms. The number of aliphatic hydroxyl groups excluding tert-OH is 1. The normalized spacial score (nSPS) is 37.2. The monoisotopic (exact) mass is 288 g/mol. The van der Waals surface area contributed by atoms with E-state index in [4.69, 9.17) is 14.2 Å². The number of esters is 1. The van der Waals surface area contributed by atoms with Crippen molar-refractivity contribution in [2.24, 2.45) is 17.8 Å². The second-order valence-electron chi connectivity index (χ2n) is 5.91.